The third kappa shape index (κ3) is 1.97. The molecule has 11 heavy (non-hydrogen) atoms. The molecule has 3 nitrogen and oxygen atoms in total. The number of hydrazine groups is 1. The van der Waals surface area contributed by atoms with Crippen molar-refractivity contribution < 1.29 is 5.10 Å². The van der Waals surface area contributed by atoms with Crippen molar-refractivity contribution in [1.82, 2.24) is 5.43 Å². The third-order valence-corrected chi connectivity index (χ3v) is 1.34. The smallest absolute Gasteiger partial charge is 0.285 e. The van der Waals surface area contributed by atoms with Gasteiger partial charge in [0, 0.05) is 7.05 Å². The number of hydrogen-bond donors (Lipinski definition) is 3. The van der Waals surface area contributed by atoms with Crippen molar-refractivity contribution in [2.45, 2.75) is 0 Å². The van der Waals surface area contributed by atoms with Gasteiger partial charge in [0.2, 0.25) is 0 Å². The fourth-order valence-electron chi connectivity index (χ4n) is 0.825. The lowest BCUT2D eigenvalue weighted by molar-refractivity contribution is -0.520. The Labute approximate surface area is 65.9 Å². The van der Waals surface area contributed by atoms with Gasteiger partial charge in [-0.3, -0.25) is 11.2 Å². The van der Waals surface area contributed by atoms with E-state index >= 15 is 0 Å². The molecule has 1 aromatic rings. The number of hydrazone groups is 1. The molecule has 0 amide bonds. The van der Waals surface area contributed by atoms with E-state index in [2.05, 4.69) is 10.5 Å². The summed E-state index contributed by atoms with van der Waals surface area (Å²) in [5.41, 5.74) is 9.39. The molecule has 0 saturated heterocycles. The first kappa shape index (κ1) is 7.60. The van der Waals surface area contributed by atoms with E-state index in [9.17, 15) is 0 Å². The minimum atomic E-state index is 0.633. The average Bonchev–Trinajstić information content (AvgIpc) is 2.07. The Kier molecular flexibility index (Phi) is 2.49. The first-order valence-electron chi connectivity index (χ1n) is 3.45. The van der Waals surface area contributed by atoms with E-state index in [1.807, 2.05) is 30.3 Å². The van der Waals surface area contributed by atoms with Crippen LogP contribution in [0.15, 0.2) is 30.3 Å². The molecule has 0 fully saturated rings. The average molecular weight is 150 g/mol. The molecule has 1 rings (SSSR count). The van der Waals surface area contributed by atoms with Gasteiger partial charge in [-0.2, -0.15) is 5.10 Å². The quantitative estimate of drug-likeness (QED) is 0.276. The van der Waals surface area contributed by atoms with Crippen LogP contribution in [0.4, 0.5) is 0 Å². The topological polar surface area (TPSA) is 52.0 Å². The predicted octanol–water partition coefficient (Wildman–Crippen LogP) is -1.39. The summed E-state index contributed by atoms with van der Waals surface area (Å²) in [6.45, 7) is 0. The van der Waals surface area contributed by atoms with E-state index < -0.39 is 0 Å². The number of nitrogens with one attached hydrogen (secondary N) is 2. The van der Waals surface area contributed by atoms with Crippen molar-refractivity contribution in [3.8, 4) is 0 Å². The Balaban J connectivity index is 2.85. The zero-order valence-corrected chi connectivity index (χ0v) is 6.46. The second-order valence-electron chi connectivity index (χ2n) is 2.15. The molecule has 0 heterocycles. The maximum Gasteiger partial charge on any atom is 0.295 e. The molecule has 1 aromatic carbocycles. The molecule has 4 N–H and O–H groups in total. The molecule has 0 radical (unpaired) electrons. The van der Waals surface area contributed by atoms with E-state index in [1.165, 1.54) is 0 Å². The van der Waals surface area contributed by atoms with Gasteiger partial charge in [0.25, 0.3) is 5.84 Å². The maximum absolute atomic E-state index is 5.65. The monoisotopic (exact) mass is 150 g/mol. The van der Waals surface area contributed by atoms with Crippen molar-refractivity contribution >= 4 is 5.84 Å². The van der Waals surface area contributed by atoms with Crippen LogP contribution in [0.5, 0.6) is 0 Å². The molecule has 58 valence electrons. The predicted molar refractivity (Wildman–Crippen MR) is 44.8 cm³/mol. The third-order valence-electron chi connectivity index (χ3n) is 1.34. The van der Waals surface area contributed by atoms with Gasteiger partial charge >= 0.3 is 0 Å². The van der Waals surface area contributed by atoms with Crippen LogP contribution in [0.25, 0.3) is 0 Å². The molecule has 0 bridgehead atoms. The van der Waals surface area contributed by atoms with Crippen LogP contribution in [0.3, 0.4) is 0 Å². The van der Waals surface area contributed by atoms with Crippen LogP contribution >= 0.6 is 0 Å². The molecule has 0 unspecified atom stereocenters. The number of amidine groups is 1. The second kappa shape index (κ2) is 3.61. The van der Waals surface area contributed by atoms with Gasteiger partial charge in [-0.15, -0.1) is 0 Å². The molecular weight excluding hydrogens is 138 g/mol. The van der Waals surface area contributed by atoms with E-state index in [-0.39, 0.29) is 0 Å². The highest BCUT2D eigenvalue weighted by molar-refractivity contribution is 5.92. The van der Waals surface area contributed by atoms with E-state index in [1.54, 1.807) is 7.05 Å². The van der Waals surface area contributed by atoms with E-state index in [0.717, 1.165) is 5.56 Å². The summed E-state index contributed by atoms with van der Waals surface area (Å²) in [4.78, 5) is 0. The Hall–Kier alpha value is -1.51. The van der Waals surface area contributed by atoms with Gasteiger partial charge in [0.1, 0.15) is 0 Å². The molecule has 0 aromatic heterocycles. The minimum absolute atomic E-state index is 0.633. The Morgan fingerprint density at radius 1 is 1.36 bits per heavy atom. The van der Waals surface area contributed by atoms with Gasteiger partial charge in [-0.25, -0.2) is 0 Å². The number of hydrogen-bond acceptors (Lipinski definition) is 1. The summed E-state index contributed by atoms with van der Waals surface area (Å²) in [6, 6.07) is 9.73. The summed E-state index contributed by atoms with van der Waals surface area (Å²) >= 11 is 0. The van der Waals surface area contributed by atoms with Crippen molar-refractivity contribution in [3.05, 3.63) is 35.9 Å². The van der Waals surface area contributed by atoms with Crippen molar-refractivity contribution in [2.24, 2.45) is 5.73 Å². The van der Waals surface area contributed by atoms with Crippen LogP contribution in [0.1, 0.15) is 5.56 Å². The van der Waals surface area contributed by atoms with E-state index in [0.29, 0.717) is 5.84 Å². The van der Waals surface area contributed by atoms with Crippen LogP contribution in [-0.4, -0.2) is 12.9 Å². The summed E-state index contributed by atoms with van der Waals surface area (Å²) < 4.78 is 0. The molecule has 3 heteroatoms. The highest BCUT2D eigenvalue weighted by Gasteiger charge is 1.99. The van der Waals surface area contributed by atoms with Crippen molar-refractivity contribution in [1.29, 1.82) is 0 Å². The van der Waals surface area contributed by atoms with E-state index in [4.69, 9.17) is 5.73 Å². The Bertz CT molecular complexity index is 241. The van der Waals surface area contributed by atoms with Crippen LogP contribution in [0.2, 0.25) is 0 Å². The Morgan fingerprint density at radius 2 is 2.00 bits per heavy atom. The summed E-state index contributed by atoms with van der Waals surface area (Å²) in [7, 11) is 1.77. The van der Waals surface area contributed by atoms with Gasteiger partial charge < -0.3 is 0 Å². The molecular formula is C8H12N3+. The minimum Gasteiger partial charge on any atom is -0.285 e. The SMILES string of the molecule is CN[NH+]=C(N)c1ccccc1. The zero-order valence-electron chi connectivity index (χ0n) is 6.46. The first-order valence-corrected chi connectivity index (χ1v) is 3.45. The maximum atomic E-state index is 5.65. The second-order valence-corrected chi connectivity index (χ2v) is 2.15. The largest absolute Gasteiger partial charge is 0.295 e. The Morgan fingerprint density at radius 3 is 2.55 bits per heavy atom. The van der Waals surface area contributed by atoms with Crippen LogP contribution < -0.4 is 16.3 Å². The molecule has 0 saturated carbocycles. The number of benzene rings is 1. The number of nitrogen functional groups attached to an aromatic ring is 1. The van der Waals surface area contributed by atoms with Crippen LogP contribution in [0, 0.1) is 0 Å². The summed E-state index contributed by atoms with van der Waals surface area (Å²) in [5.74, 6) is 0.633. The molecule has 0 aliphatic heterocycles. The highest BCUT2D eigenvalue weighted by atomic mass is 15.3. The molecule has 0 atom stereocenters. The molecule has 0 aliphatic rings. The fourth-order valence-corrected chi connectivity index (χ4v) is 0.825. The lowest BCUT2D eigenvalue weighted by Gasteiger charge is -1.92. The highest BCUT2D eigenvalue weighted by Crippen LogP contribution is 1.93. The summed E-state index contributed by atoms with van der Waals surface area (Å²) in [6.07, 6.45) is 0. The zero-order chi connectivity index (χ0) is 8.10. The van der Waals surface area contributed by atoms with Crippen molar-refractivity contribution in [2.75, 3.05) is 7.05 Å². The normalized spacial score (nSPS) is 11.2. The summed E-state index contributed by atoms with van der Waals surface area (Å²) in [5, 5.41) is 2.81. The standard InChI is InChI=1S/C8H11N3/c1-10-11-8(9)7-5-3-2-4-6-7/h2-6,10H,1H3,(H2,9,11)/p+1. The molecule has 0 spiro atoms. The van der Waals surface area contributed by atoms with Gasteiger partial charge in [-0.05, 0) is 12.1 Å². The lowest BCUT2D eigenvalue weighted by Crippen LogP contribution is -2.83. The van der Waals surface area contributed by atoms with Crippen molar-refractivity contribution in [3.63, 3.8) is 0 Å². The number of nitrogens with two attached hydrogens (primary N) is 1. The first-order chi connectivity index (χ1) is 5.34. The van der Waals surface area contributed by atoms with Gasteiger partial charge in [-0.1, -0.05) is 18.2 Å². The van der Waals surface area contributed by atoms with Gasteiger partial charge in [0.05, 0.1) is 5.56 Å². The molecule has 0 aliphatic carbocycles. The van der Waals surface area contributed by atoms with Crippen LogP contribution in [-0.2, 0) is 0 Å². The number of rotatable bonds is 2. The lowest BCUT2D eigenvalue weighted by atomic mass is 10.2. The fraction of sp³-hybridized carbons (Fsp3) is 0.125. The van der Waals surface area contributed by atoms with Gasteiger partial charge in [0.15, 0.2) is 0 Å².